The fraction of sp³-hybridized carbons (Fsp3) is 1.00. The molecule has 1 aliphatic rings. The molecule has 2 atom stereocenters. The fourth-order valence-corrected chi connectivity index (χ4v) is 2.35. The molecule has 0 bridgehead atoms. The van der Waals surface area contributed by atoms with E-state index in [0.29, 0.717) is 12.5 Å². The molecule has 0 N–H and O–H groups in total. The third-order valence-electron chi connectivity index (χ3n) is 1.90. The zero-order valence-electron chi connectivity index (χ0n) is 6.29. The van der Waals surface area contributed by atoms with Crippen molar-refractivity contribution < 1.29 is 13.2 Å². The lowest BCUT2D eigenvalue weighted by atomic mass is 10.1. The van der Waals surface area contributed by atoms with E-state index in [1.54, 1.807) is 0 Å². The van der Waals surface area contributed by atoms with Crippen LogP contribution in [0.4, 0.5) is 0 Å². The Morgan fingerprint density at radius 3 is 2.64 bits per heavy atom. The van der Waals surface area contributed by atoms with Crippen molar-refractivity contribution in [3.8, 4) is 0 Å². The van der Waals surface area contributed by atoms with Crippen LogP contribution in [-0.2, 0) is 13.8 Å². The highest BCUT2D eigenvalue weighted by Crippen LogP contribution is 2.22. The zero-order valence-corrected chi connectivity index (χ0v) is 7.86. The number of hydrogen-bond acceptors (Lipinski definition) is 3. The van der Waals surface area contributed by atoms with Gasteiger partial charge in [0.05, 0.1) is 11.9 Å². The second-order valence-corrected chi connectivity index (χ2v) is 5.70. The quantitative estimate of drug-likeness (QED) is 0.622. The zero-order chi connectivity index (χ0) is 8.48. The highest BCUT2D eigenvalue weighted by Gasteiger charge is 2.28. The van der Waals surface area contributed by atoms with Crippen molar-refractivity contribution in [2.24, 2.45) is 5.92 Å². The maximum atomic E-state index is 10.6. The summed E-state index contributed by atoms with van der Waals surface area (Å²) in [7, 11) is 1.68. The van der Waals surface area contributed by atoms with Crippen LogP contribution >= 0.6 is 10.7 Å². The summed E-state index contributed by atoms with van der Waals surface area (Å²) in [5.74, 6) is 0.249. The van der Waals surface area contributed by atoms with E-state index in [1.165, 1.54) is 0 Å². The van der Waals surface area contributed by atoms with Crippen LogP contribution in [-0.4, -0.2) is 26.9 Å². The molecule has 0 saturated carbocycles. The van der Waals surface area contributed by atoms with Gasteiger partial charge in [0.15, 0.2) is 0 Å². The van der Waals surface area contributed by atoms with E-state index in [1.807, 2.05) is 6.92 Å². The first kappa shape index (κ1) is 9.29. The number of ether oxygens (including phenoxy) is 1. The van der Waals surface area contributed by atoms with Crippen LogP contribution in [0.5, 0.6) is 0 Å². The van der Waals surface area contributed by atoms with Crippen LogP contribution in [0.1, 0.15) is 13.3 Å². The summed E-state index contributed by atoms with van der Waals surface area (Å²) in [5, 5.41) is 0. The van der Waals surface area contributed by atoms with E-state index >= 15 is 0 Å². The molecule has 0 aromatic heterocycles. The monoisotopic (exact) mass is 198 g/mol. The lowest BCUT2D eigenvalue weighted by Gasteiger charge is -2.11. The van der Waals surface area contributed by atoms with Gasteiger partial charge in [-0.15, -0.1) is 0 Å². The maximum absolute atomic E-state index is 10.6. The van der Waals surface area contributed by atoms with Gasteiger partial charge in [0.2, 0.25) is 9.05 Å². The summed E-state index contributed by atoms with van der Waals surface area (Å²) in [6, 6.07) is 0. The van der Waals surface area contributed by atoms with Gasteiger partial charge in [0.25, 0.3) is 0 Å². The third-order valence-corrected chi connectivity index (χ3v) is 3.01. The van der Waals surface area contributed by atoms with Crippen molar-refractivity contribution in [1.82, 2.24) is 0 Å². The standard InChI is InChI=1S/C6H11ClO3S/c1-5-2-3-10-6(5)4-11(7,8)9/h5-6H,2-4H2,1H3. The van der Waals surface area contributed by atoms with Crippen molar-refractivity contribution in [1.29, 1.82) is 0 Å². The molecule has 11 heavy (non-hydrogen) atoms. The van der Waals surface area contributed by atoms with Gasteiger partial charge in [-0.05, 0) is 12.3 Å². The summed E-state index contributed by atoms with van der Waals surface area (Å²) >= 11 is 0. The van der Waals surface area contributed by atoms with Gasteiger partial charge in [-0.2, -0.15) is 0 Å². The molecular weight excluding hydrogens is 188 g/mol. The van der Waals surface area contributed by atoms with E-state index < -0.39 is 9.05 Å². The van der Waals surface area contributed by atoms with Crippen LogP contribution in [0, 0.1) is 5.92 Å². The Bertz CT molecular complexity index is 224. The summed E-state index contributed by atoms with van der Waals surface area (Å²) in [4.78, 5) is 0. The molecule has 1 saturated heterocycles. The molecule has 0 amide bonds. The number of hydrogen-bond donors (Lipinski definition) is 0. The highest BCUT2D eigenvalue weighted by atomic mass is 35.7. The molecule has 0 aromatic rings. The summed E-state index contributed by atoms with van der Waals surface area (Å²) in [6.07, 6.45) is 0.731. The van der Waals surface area contributed by atoms with E-state index in [2.05, 4.69) is 0 Å². The van der Waals surface area contributed by atoms with Gasteiger partial charge < -0.3 is 4.74 Å². The molecule has 1 fully saturated rings. The molecule has 1 heterocycles. The van der Waals surface area contributed by atoms with Crippen molar-refractivity contribution in [2.75, 3.05) is 12.4 Å². The average Bonchev–Trinajstić information content (AvgIpc) is 2.12. The Kier molecular flexibility index (Phi) is 2.78. The van der Waals surface area contributed by atoms with Gasteiger partial charge in [0.1, 0.15) is 0 Å². The topological polar surface area (TPSA) is 43.4 Å². The molecule has 5 heteroatoms. The van der Waals surface area contributed by atoms with E-state index in [0.717, 1.165) is 6.42 Å². The average molecular weight is 199 g/mol. The normalized spacial score (nSPS) is 32.5. The minimum Gasteiger partial charge on any atom is -0.377 e. The largest absolute Gasteiger partial charge is 0.377 e. The molecule has 0 aromatic carbocycles. The predicted octanol–water partition coefficient (Wildman–Crippen LogP) is 0.980. The van der Waals surface area contributed by atoms with Crippen LogP contribution in [0.3, 0.4) is 0 Å². The van der Waals surface area contributed by atoms with E-state index in [-0.39, 0.29) is 11.9 Å². The SMILES string of the molecule is CC1CCOC1CS(=O)(=O)Cl. The first-order valence-electron chi connectivity index (χ1n) is 3.53. The highest BCUT2D eigenvalue weighted by molar-refractivity contribution is 8.13. The minimum atomic E-state index is -3.39. The van der Waals surface area contributed by atoms with Crippen LogP contribution in [0.2, 0.25) is 0 Å². The lowest BCUT2D eigenvalue weighted by molar-refractivity contribution is 0.112. The molecule has 3 nitrogen and oxygen atoms in total. The summed E-state index contributed by atoms with van der Waals surface area (Å²) < 4.78 is 26.4. The second kappa shape index (κ2) is 3.29. The Morgan fingerprint density at radius 2 is 2.27 bits per heavy atom. The molecule has 1 aliphatic heterocycles. The van der Waals surface area contributed by atoms with Crippen molar-refractivity contribution in [2.45, 2.75) is 19.4 Å². The smallest absolute Gasteiger partial charge is 0.235 e. The second-order valence-electron chi connectivity index (χ2n) is 2.88. The maximum Gasteiger partial charge on any atom is 0.235 e. The molecule has 0 aliphatic carbocycles. The van der Waals surface area contributed by atoms with Crippen LogP contribution < -0.4 is 0 Å². The van der Waals surface area contributed by atoms with E-state index in [4.69, 9.17) is 15.4 Å². The molecule has 66 valence electrons. The van der Waals surface area contributed by atoms with Gasteiger partial charge in [-0.3, -0.25) is 0 Å². The molecule has 0 spiro atoms. The first-order chi connectivity index (χ1) is 4.99. The summed E-state index contributed by atoms with van der Waals surface area (Å²) in [5.41, 5.74) is 0. The Labute approximate surface area is 71.1 Å². The fourth-order valence-electron chi connectivity index (χ4n) is 1.16. The van der Waals surface area contributed by atoms with Crippen molar-refractivity contribution >= 4 is 19.7 Å². The number of rotatable bonds is 2. The van der Waals surface area contributed by atoms with E-state index in [9.17, 15) is 8.42 Å². The summed E-state index contributed by atoms with van der Waals surface area (Å²) in [6.45, 7) is 2.62. The van der Waals surface area contributed by atoms with Crippen LogP contribution in [0.15, 0.2) is 0 Å². The Balaban J connectivity index is 2.50. The first-order valence-corrected chi connectivity index (χ1v) is 6.01. The van der Waals surface area contributed by atoms with Gasteiger partial charge in [-0.1, -0.05) is 6.92 Å². The van der Waals surface area contributed by atoms with Crippen LogP contribution in [0.25, 0.3) is 0 Å². The lowest BCUT2D eigenvalue weighted by Crippen LogP contribution is -2.21. The van der Waals surface area contributed by atoms with Crippen molar-refractivity contribution in [3.05, 3.63) is 0 Å². The van der Waals surface area contributed by atoms with Gasteiger partial charge >= 0.3 is 0 Å². The predicted molar refractivity (Wildman–Crippen MR) is 43.2 cm³/mol. The van der Waals surface area contributed by atoms with Gasteiger partial charge in [0, 0.05) is 17.3 Å². The van der Waals surface area contributed by atoms with Gasteiger partial charge in [-0.25, -0.2) is 8.42 Å². The molecule has 1 rings (SSSR count). The molecule has 0 radical (unpaired) electrons. The minimum absolute atomic E-state index is 0.0598. The number of halogens is 1. The Hall–Kier alpha value is 0.200. The Morgan fingerprint density at radius 1 is 1.64 bits per heavy atom. The van der Waals surface area contributed by atoms with Crippen molar-refractivity contribution in [3.63, 3.8) is 0 Å². The molecular formula is C6H11ClO3S. The molecule has 2 unspecified atom stereocenters. The third kappa shape index (κ3) is 2.97.